The molecular weight excluding hydrogens is 360 g/mol. The number of nitrogens with zero attached hydrogens (tertiary/aromatic N) is 3. The van der Waals surface area contributed by atoms with E-state index >= 15 is 0 Å². The van der Waals surface area contributed by atoms with Crippen LogP contribution in [0.3, 0.4) is 0 Å². The molecule has 1 N–H and O–H groups in total. The molecule has 0 fully saturated rings. The van der Waals surface area contributed by atoms with E-state index in [9.17, 15) is 0 Å². The Labute approximate surface area is 141 Å². The van der Waals surface area contributed by atoms with Crippen molar-refractivity contribution in [2.45, 2.75) is 6.92 Å². The third kappa shape index (κ3) is 3.23. The molecule has 0 aliphatic rings. The summed E-state index contributed by atoms with van der Waals surface area (Å²) in [6, 6.07) is 16.0. The lowest BCUT2D eigenvalue weighted by Crippen LogP contribution is -1.95. The third-order valence-electron chi connectivity index (χ3n) is 3.13. The van der Waals surface area contributed by atoms with E-state index in [2.05, 4.69) is 38.2 Å². The van der Waals surface area contributed by atoms with E-state index in [1.165, 1.54) is 5.56 Å². The molecule has 0 atom stereocenters. The van der Waals surface area contributed by atoms with E-state index in [4.69, 9.17) is 12.2 Å². The van der Waals surface area contributed by atoms with Crippen molar-refractivity contribution >= 4 is 34.4 Å². The van der Waals surface area contributed by atoms with Gasteiger partial charge in [0.05, 0.1) is 6.21 Å². The maximum absolute atomic E-state index is 5.26. The summed E-state index contributed by atoms with van der Waals surface area (Å²) in [4.78, 5) is 0. The molecule has 1 heterocycles. The molecule has 0 bridgehead atoms. The summed E-state index contributed by atoms with van der Waals surface area (Å²) in [5, 5.41) is 11.5. The van der Waals surface area contributed by atoms with Crippen LogP contribution in [0.15, 0.2) is 58.1 Å². The monoisotopic (exact) mass is 372 g/mol. The zero-order valence-electron chi connectivity index (χ0n) is 11.8. The van der Waals surface area contributed by atoms with Gasteiger partial charge in [-0.15, -0.1) is 0 Å². The minimum absolute atomic E-state index is 0.457. The minimum Gasteiger partial charge on any atom is -0.250 e. The Morgan fingerprint density at radius 1 is 1.23 bits per heavy atom. The van der Waals surface area contributed by atoms with Gasteiger partial charge in [0.1, 0.15) is 0 Å². The molecule has 110 valence electrons. The molecular formula is C16H13BrN4S. The number of aryl methyl sites for hydroxylation is 1. The fraction of sp³-hybridized carbons (Fsp3) is 0.0625. The lowest BCUT2D eigenvalue weighted by atomic mass is 10.2. The highest BCUT2D eigenvalue weighted by molar-refractivity contribution is 9.10. The second-order valence-electron chi connectivity index (χ2n) is 4.83. The number of hydrogen-bond acceptors (Lipinski definition) is 3. The summed E-state index contributed by atoms with van der Waals surface area (Å²) < 4.78 is 3.06. The predicted octanol–water partition coefficient (Wildman–Crippen LogP) is 4.56. The van der Waals surface area contributed by atoms with Crippen molar-refractivity contribution < 1.29 is 0 Å². The van der Waals surface area contributed by atoms with Crippen LogP contribution in [0.5, 0.6) is 0 Å². The Morgan fingerprint density at radius 2 is 2.00 bits per heavy atom. The Kier molecular flexibility index (Phi) is 4.31. The van der Waals surface area contributed by atoms with Gasteiger partial charge in [0.15, 0.2) is 5.82 Å². The molecule has 0 saturated heterocycles. The summed E-state index contributed by atoms with van der Waals surface area (Å²) in [5.41, 5.74) is 3.16. The van der Waals surface area contributed by atoms with Crippen LogP contribution >= 0.6 is 28.1 Å². The van der Waals surface area contributed by atoms with Gasteiger partial charge in [-0.25, -0.2) is 5.10 Å². The summed E-state index contributed by atoms with van der Waals surface area (Å²) in [7, 11) is 0. The number of aromatic nitrogens is 3. The average Bonchev–Trinajstić information content (AvgIpc) is 2.88. The van der Waals surface area contributed by atoms with Crippen LogP contribution in [-0.4, -0.2) is 21.1 Å². The molecule has 6 heteroatoms. The van der Waals surface area contributed by atoms with E-state index in [-0.39, 0.29) is 0 Å². The number of rotatable bonds is 3. The molecule has 0 amide bonds. The van der Waals surface area contributed by atoms with Crippen LogP contribution in [-0.2, 0) is 0 Å². The van der Waals surface area contributed by atoms with Gasteiger partial charge in [-0.2, -0.15) is 14.9 Å². The molecule has 0 radical (unpaired) electrons. The molecule has 0 spiro atoms. The summed E-state index contributed by atoms with van der Waals surface area (Å²) in [6.45, 7) is 2.05. The molecule has 0 unspecified atom stereocenters. The Morgan fingerprint density at radius 3 is 2.73 bits per heavy atom. The second kappa shape index (κ2) is 6.37. The van der Waals surface area contributed by atoms with Crippen molar-refractivity contribution in [3.63, 3.8) is 0 Å². The topological polar surface area (TPSA) is 46.0 Å². The average molecular weight is 373 g/mol. The molecule has 0 aliphatic heterocycles. The Hall–Kier alpha value is -2.05. The highest BCUT2D eigenvalue weighted by Gasteiger charge is 2.08. The maximum Gasteiger partial charge on any atom is 0.216 e. The number of hydrogen-bond donors (Lipinski definition) is 1. The van der Waals surface area contributed by atoms with E-state index < -0.39 is 0 Å². The van der Waals surface area contributed by atoms with Gasteiger partial charge in [-0.3, -0.25) is 0 Å². The van der Waals surface area contributed by atoms with Gasteiger partial charge in [-0.05, 0) is 36.8 Å². The van der Waals surface area contributed by atoms with Crippen LogP contribution in [0, 0.1) is 11.7 Å². The molecule has 2 aromatic carbocycles. The molecule has 3 aromatic rings. The molecule has 4 nitrogen and oxygen atoms in total. The number of halogens is 1. The highest BCUT2D eigenvalue weighted by Crippen LogP contribution is 2.21. The first-order chi connectivity index (χ1) is 10.6. The molecule has 3 rings (SSSR count). The fourth-order valence-electron chi connectivity index (χ4n) is 1.99. The molecule has 0 aliphatic carbocycles. The van der Waals surface area contributed by atoms with Gasteiger partial charge in [0, 0.05) is 10.0 Å². The van der Waals surface area contributed by atoms with Crippen molar-refractivity contribution in [3.8, 4) is 11.4 Å². The lowest BCUT2D eigenvalue weighted by Gasteiger charge is -2.01. The normalized spacial score (nSPS) is 11.2. The van der Waals surface area contributed by atoms with Gasteiger partial charge < -0.3 is 0 Å². The Balaban J connectivity index is 1.99. The summed E-state index contributed by atoms with van der Waals surface area (Å²) in [5.74, 6) is 0.676. The predicted molar refractivity (Wildman–Crippen MR) is 94.7 cm³/mol. The first kappa shape index (κ1) is 14.9. The van der Waals surface area contributed by atoms with Crippen molar-refractivity contribution in [3.05, 3.63) is 68.9 Å². The van der Waals surface area contributed by atoms with Crippen LogP contribution in [0.4, 0.5) is 0 Å². The zero-order chi connectivity index (χ0) is 15.5. The van der Waals surface area contributed by atoms with Crippen LogP contribution in [0.25, 0.3) is 11.4 Å². The summed E-state index contributed by atoms with van der Waals surface area (Å²) in [6.07, 6.45) is 1.77. The second-order valence-corrected chi connectivity index (χ2v) is 6.13. The molecule has 22 heavy (non-hydrogen) atoms. The summed E-state index contributed by atoms with van der Waals surface area (Å²) >= 11 is 8.72. The number of H-pyrrole nitrogens is 1. The van der Waals surface area contributed by atoms with Crippen molar-refractivity contribution in [2.75, 3.05) is 0 Å². The number of benzene rings is 2. The van der Waals surface area contributed by atoms with Gasteiger partial charge >= 0.3 is 0 Å². The largest absolute Gasteiger partial charge is 0.250 e. The smallest absolute Gasteiger partial charge is 0.216 e. The van der Waals surface area contributed by atoms with E-state index in [1.807, 2.05) is 48.5 Å². The zero-order valence-corrected chi connectivity index (χ0v) is 14.2. The first-order valence-electron chi connectivity index (χ1n) is 6.68. The first-order valence-corrected chi connectivity index (χ1v) is 7.88. The minimum atomic E-state index is 0.457. The standard InChI is InChI=1S/C16H13BrN4S/c1-11-5-7-12(8-6-11)10-18-21-15(19-20-16(21)22)13-3-2-4-14(17)9-13/h2-10H,1H3,(H,20,22)/b18-10-. The highest BCUT2D eigenvalue weighted by atomic mass is 79.9. The van der Waals surface area contributed by atoms with Crippen LogP contribution in [0.2, 0.25) is 0 Å². The SMILES string of the molecule is Cc1ccc(/C=N\n2c(-c3cccc(Br)c3)n[nH]c2=S)cc1. The van der Waals surface area contributed by atoms with Gasteiger partial charge in [0.25, 0.3) is 0 Å². The van der Waals surface area contributed by atoms with Crippen LogP contribution < -0.4 is 0 Å². The van der Waals surface area contributed by atoms with E-state index in [0.717, 1.165) is 15.6 Å². The van der Waals surface area contributed by atoms with Gasteiger partial charge in [0.2, 0.25) is 4.77 Å². The molecule has 0 saturated carbocycles. The van der Waals surface area contributed by atoms with E-state index in [1.54, 1.807) is 10.9 Å². The van der Waals surface area contributed by atoms with Gasteiger partial charge in [-0.1, -0.05) is 57.9 Å². The number of nitrogens with one attached hydrogen (secondary N) is 1. The van der Waals surface area contributed by atoms with Crippen molar-refractivity contribution in [1.82, 2.24) is 14.9 Å². The maximum atomic E-state index is 5.26. The van der Waals surface area contributed by atoms with Crippen molar-refractivity contribution in [2.24, 2.45) is 5.10 Å². The van der Waals surface area contributed by atoms with Crippen LogP contribution in [0.1, 0.15) is 11.1 Å². The van der Waals surface area contributed by atoms with E-state index in [0.29, 0.717) is 10.6 Å². The third-order valence-corrected chi connectivity index (χ3v) is 3.89. The van der Waals surface area contributed by atoms with Crippen molar-refractivity contribution in [1.29, 1.82) is 0 Å². The molecule has 1 aromatic heterocycles. The Bertz CT molecular complexity index is 878. The number of aromatic amines is 1. The fourth-order valence-corrected chi connectivity index (χ4v) is 2.57. The quantitative estimate of drug-likeness (QED) is 0.540. The lowest BCUT2D eigenvalue weighted by molar-refractivity contribution is 0.871.